The summed E-state index contributed by atoms with van der Waals surface area (Å²) in [6.45, 7) is 1.58. The molecule has 0 spiro atoms. The fourth-order valence-corrected chi connectivity index (χ4v) is 2.44. The Balaban J connectivity index is 2.22. The van der Waals surface area contributed by atoms with Crippen molar-refractivity contribution in [2.75, 3.05) is 0 Å². The molecule has 2 aromatic rings. The number of nitrogens with zero attached hydrogens (tertiary/aromatic N) is 3. The fourth-order valence-electron chi connectivity index (χ4n) is 1.27. The van der Waals surface area contributed by atoms with Crippen LogP contribution in [0, 0.1) is 0 Å². The van der Waals surface area contributed by atoms with Crippen LogP contribution in [-0.2, 0) is 10.0 Å². The van der Waals surface area contributed by atoms with Crippen LogP contribution in [0.25, 0.3) is 0 Å². The van der Waals surface area contributed by atoms with E-state index in [1.165, 1.54) is 6.07 Å². The Morgan fingerprint density at radius 1 is 1.39 bits per heavy atom. The number of H-pyrrole nitrogens is 2. The minimum atomic E-state index is -3.74. The van der Waals surface area contributed by atoms with Gasteiger partial charge >= 0.3 is 0 Å². The molecule has 18 heavy (non-hydrogen) atoms. The van der Waals surface area contributed by atoms with Crippen molar-refractivity contribution in [3.05, 3.63) is 34.5 Å². The smallest absolute Gasteiger partial charge is 0.247 e. The number of hydrogen-bond donors (Lipinski definition) is 3. The summed E-state index contributed by atoms with van der Waals surface area (Å²) in [6, 6.07) is 1.71. The molecule has 2 aromatic heterocycles. The molecule has 0 fully saturated rings. The van der Waals surface area contributed by atoms with Crippen molar-refractivity contribution < 1.29 is 8.42 Å². The van der Waals surface area contributed by atoms with Gasteiger partial charge in [-0.25, -0.2) is 13.1 Å². The van der Waals surface area contributed by atoms with E-state index in [2.05, 4.69) is 30.3 Å². The number of pyridine rings is 1. The van der Waals surface area contributed by atoms with Gasteiger partial charge in [-0.3, -0.25) is 4.79 Å². The molecule has 0 aliphatic rings. The normalized spacial score (nSPS) is 13.4. The van der Waals surface area contributed by atoms with Gasteiger partial charge in [0.1, 0.15) is 0 Å². The van der Waals surface area contributed by atoms with Crippen LogP contribution in [0.4, 0.5) is 0 Å². The van der Waals surface area contributed by atoms with Gasteiger partial charge in [0.2, 0.25) is 15.6 Å². The summed E-state index contributed by atoms with van der Waals surface area (Å²) in [5, 5.41) is 12.9. The van der Waals surface area contributed by atoms with Crippen molar-refractivity contribution in [1.29, 1.82) is 0 Å². The van der Waals surface area contributed by atoms with Crippen LogP contribution < -0.4 is 10.3 Å². The van der Waals surface area contributed by atoms with Gasteiger partial charge < -0.3 is 4.98 Å². The second kappa shape index (κ2) is 4.66. The molecule has 3 N–H and O–H groups in total. The number of sulfonamides is 1. The molecule has 0 amide bonds. The molecule has 0 aliphatic heterocycles. The van der Waals surface area contributed by atoms with Crippen LogP contribution in [0.5, 0.6) is 0 Å². The van der Waals surface area contributed by atoms with E-state index in [0.717, 1.165) is 12.3 Å². The van der Waals surface area contributed by atoms with E-state index in [1.807, 2.05) is 0 Å². The topological polar surface area (TPSA) is 133 Å². The SMILES string of the molecule is CC(NS(=O)(=O)c1ccc(=O)[nH]c1)c1nn[nH]n1. The van der Waals surface area contributed by atoms with Gasteiger partial charge in [-0.1, -0.05) is 5.21 Å². The Bertz CT molecular complexity index is 657. The van der Waals surface area contributed by atoms with Crippen LogP contribution in [0.15, 0.2) is 28.0 Å². The predicted molar refractivity (Wildman–Crippen MR) is 60.0 cm³/mol. The van der Waals surface area contributed by atoms with Crippen molar-refractivity contribution in [3.8, 4) is 0 Å². The first-order valence-electron chi connectivity index (χ1n) is 4.93. The molecule has 0 bridgehead atoms. The highest BCUT2D eigenvalue weighted by Crippen LogP contribution is 2.11. The van der Waals surface area contributed by atoms with Crippen molar-refractivity contribution >= 4 is 10.0 Å². The summed E-state index contributed by atoms with van der Waals surface area (Å²) in [6.07, 6.45) is 1.12. The lowest BCUT2D eigenvalue weighted by atomic mass is 10.4. The molecule has 0 aliphatic carbocycles. The summed E-state index contributed by atoms with van der Waals surface area (Å²) in [5.41, 5.74) is -0.375. The molecular formula is C8H10N6O3S. The third kappa shape index (κ3) is 2.60. The molecule has 2 heterocycles. The highest BCUT2D eigenvalue weighted by molar-refractivity contribution is 7.89. The van der Waals surface area contributed by atoms with E-state index in [1.54, 1.807) is 6.92 Å². The minimum Gasteiger partial charge on any atom is -0.328 e. The second-order valence-corrected chi connectivity index (χ2v) is 5.22. The molecule has 1 unspecified atom stereocenters. The molecule has 2 rings (SSSR count). The average molecular weight is 270 g/mol. The van der Waals surface area contributed by atoms with E-state index in [0.29, 0.717) is 0 Å². The lowest BCUT2D eigenvalue weighted by Gasteiger charge is -2.10. The summed E-state index contributed by atoms with van der Waals surface area (Å²) < 4.78 is 26.2. The van der Waals surface area contributed by atoms with Crippen molar-refractivity contribution in [3.63, 3.8) is 0 Å². The lowest BCUT2D eigenvalue weighted by molar-refractivity contribution is 0.559. The Kier molecular flexibility index (Phi) is 3.21. The molecule has 1 atom stereocenters. The monoisotopic (exact) mass is 270 g/mol. The zero-order chi connectivity index (χ0) is 13.2. The molecule has 0 saturated carbocycles. The van der Waals surface area contributed by atoms with Gasteiger partial charge in [0.25, 0.3) is 0 Å². The van der Waals surface area contributed by atoms with Crippen LogP contribution in [0.1, 0.15) is 18.8 Å². The summed E-state index contributed by atoms with van der Waals surface area (Å²) in [4.78, 5) is 13.1. The van der Waals surface area contributed by atoms with Gasteiger partial charge in [0.15, 0.2) is 5.82 Å². The maximum absolute atomic E-state index is 11.9. The van der Waals surface area contributed by atoms with Crippen molar-refractivity contribution in [1.82, 2.24) is 30.3 Å². The Morgan fingerprint density at radius 2 is 2.17 bits per heavy atom. The molecule has 0 radical (unpaired) electrons. The van der Waals surface area contributed by atoms with Crippen LogP contribution >= 0.6 is 0 Å². The third-order valence-corrected chi connectivity index (χ3v) is 3.69. The van der Waals surface area contributed by atoms with Gasteiger partial charge in [0, 0.05) is 12.3 Å². The number of aromatic amines is 2. The summed E-state index contributed by atoms with van der Waals surface area (Å²) in [7, 11) is -3.74. The zero-order valence-electron chi connectivity index (χ0n) is 9.28. The van der Waals surface area contributed by atoms with Crippen LogP contribution in [0.2, 0.25) is 0 Å². The largest absolute Gasteiger partial charge is 0.328 e. The Hall–Kier alpha value is -2.07. The van der Waals surface area contributed by atoms with Crippen molar-refractivity contribution in [2.45, 2.75) is 17.9 Å². The van der Waals surface area contributed by atoms with Crippen LogP contribution in [0.3, 0.4) is 0 Å². The average Bonchev–Trinajstić information content (AvgIpc) is 2.82. The molecule has 96 valence electrons. The van der Waals surface area contributed by atoms with Crippen LogP contribution in [-0.4, -0.2) is 34.0 Å². The highest BCUT2D eigenvalue weighted by Gasteiger charge is 2.20. The molecule has 10 heteroatoms. The van der Waals surface area contributed by atoms with Gasteiger partial charge in [-0.2, -0.15) is 5.21 Å². The van der Waals surface area contributed by atoms with Crippen molar-refractivity contribution in [2.24, 2.45) is 0 Å². The maximum atomic E-state index is 11.9. The molecule has 9 nitrogen and oxygen atoms in total. The Labute approximate surface area is 102 Å². The molecule has 0 aromatic carbocycles. The predicted octanol–water partition coefficient (Wildman–Crippen LogP) is -1.07. The van der Waals surface area contributed by atoms with E-state index in [9.17, 15) is 13.2 Å². The summed E-state index contributed by atoms with van der Waals surface area (Å²) in [5.74, 6) is 0.225. The Morgan fingerprint density at radius 3 is 2.72 bits per heavy atom. The molecular weight excluding hydrogens is 260 g/mol. The maximum Gasteiger partial charge on any atom is 0.247 e. The first kappa shape index (κ1) is 12.4. The second-order valence-electron chi connectivity index (χ2n) is 3.50. The standard InChI is InChI=1S/C8H10N6O3S/c1-5(8-10-13-14-11-8)12-18(16,17)6-2-3-7(15)9-4-6/h2-5,12H,1H3,(H,9,15)(H,10,11,13,14). The number of nitrogens with one attached hydrogen (secondary N) is 3. The number of aromatic nitrogens is 5. The first-order chi connectivity index (χ1) is 8.49. The zero-order valence-corrected chi connectivity index (χ0v) is 10.1. The number of rotatable bonds is 4. The third-order valence-electron chi connectivity index (χ3n) is 2.15. The van der Waals surface area contributed by atoms with E-state index < -0.39 is 16.1 Å². The number of tetrazole rings is 1. The molecule has 0 saturated heterocycles. The van der Waals surface area contributed by atoms with E-state index in [4.69, 9.17) is 0 Å². The minimum absolute atomic E-state index is 0.0440. The summed E-state index contributed by atoms with van der Waals surface area (Å²) >= 11 is 0. The van der Waals surface area contributed by atoms with Gasteiger partial charge in [-0.05, 0) is 13.0 Å². The lowest BCUT2D eigenvalue weighted by Crippen LogP contribution is -2.28. The van der Waals surface area contributed by atoms with E-state index in [-0.39, 0.29) is 16.3 Å². The highest BCUT2D eigenvalue weighted by atomic mass is 32.2. The quantitative estimate of drug-likeness (QED) is 0.647. The van der Waals surface area contributed by atoms with Gasteiger partial charge in [0.05, 0.1) is 10.9 Å². The van der Waals surface area contributed by atoms with Gasteiger partial charge in [-0.15, -0.1) is 10.2 Å². The van der Waals surface area contributed by atoms with E-state index >= 15 is 0 Å². The number of hydrogen-bond acceptors (Lipinski definition) is 6. The fraction of sp³-hybridized carbons (Fsp3) is 0.250. The first-order valence-corrected chi connectivity index (χ1v) is 6.42.